The predicted molar refractivity (Wildman–Crippen MR) is 70.9 cm³/mol. The van der Waals surface area contributed by atoms with Gasteiger partial charge in [-0.1, -0.05) is 6.07 Å². The van der Waals surface area contributed by atoms with Crippen molar-refractivity contribution in [1.29, 1.82) is 0 Å². The minimum Gasteiger partial charge on any atom is -0.345 e. The highest BCUT2D eigenvalue weighted by molar-refractivity contribution is 7.13. The molecule has 0 unspecified atom stereocenters. The Hall–Kier alpha value is -2.21. The summed E-state index contributed by atoms with van der Waals surface area (Å²) >= 11 is 1.41. The summed E-state index contributed by atoms with van der Waals surface area (Å²) in [6.45, 7) is 1.89. The van der Waals surface area contributed by atoms with Gasteiger partial charge in [-0.3, -0.25) is 10.1 Å². The van der Waals surface area contributed by atoms with E-state index >= 15 is 0 Å². The maximum atomic E-state index is 12.1. The van der Waals surface area contributed by atoms with Gasteiger partial charge in [0, 0.05) is 5.38 Å². The van der Waals surface area contributed by atoms with Gasteiger partial charge in [0.15, 0.2) is 5.13 Å². The van der Waals surface area contributed by atoms with E-state index in [1.165, 1.54) is 11.3 Å². The Bertz CT molecular complexity index is 716. The van der Waals surface area contributed by atoms with E-state index in [0.717, 1.165) is 11.2 Å². The summed E-state index contributed by atoms with van der Waals surface area (Å²) in [7, 11) is 0. The summed E-state index contributed by atoms with van der Waals surface area (Å²) in [6, 6.07) is 5.45. The molecule has 6 heteroatoms. The third-order valence-electron chi connectivity index (χ3n) is 2.53. The van der Waals surface area contributed by atoms with E-state index in [1.54, 1.807) is 12.4 Å². The number of para-hydroxylation sites is 1. The normalized spacial score (nSPS) is 10.7. The lowest BCUT2D eigenvalue weighted by Gasteiger charge is -2.02. The average Bonchev–Trinajstić information content (AvgIpc) is 2.97. The Morgan fingerprint density at radius 2 is 2.33 bits per heavy atom. The molecule has 0 aliphatic rings. The van der Waals surface area contributed by atoms with Crippen LogP contribution in [0.25, 0.3) is 11.0 Å². The van der Waals surface area contributed by atoms with Gasteiger partial charge in [-0.2, -0.15) is 0 Å². The molecule has 1 aromatic carbocycles. The number of benzene rings is 1. The molecule has 90 valence electrons. The summed E-state index contributed by atoms with van der Waals surface area (Å²) in [5.74, 6) is -0.193. The highest BCUT2D eigenvalue weighted by Gasteiger charge is 2.12. The first-order valence-electron chi connectivity index (χ1n) is 5.39. The van der Waals surface area contributed by atoms with Crippen LogP contribution in [0.3, 0.4) is 0 Å². The maximum absolute atomic E-state index is 12.1. The summed E-state index contributed by atoms with van der Waals surface area (Å²) in [5, 5.41) is 5.27. The standard InChI is InChI=1S/C12H10N4OS/c1-7-5-18-12(15-7)16-11(17)8-3-2-4-9-10(8)14-6-13-9/h2-6H,1H3,(H,13,14)(H,15,16,17). The number of aromatic amines is 1. The van der Waals surface area contributed by atoms with E-state index in [0.29, 0.717) is 16.2 Å². The molecule has 0 radical (unpaired) electrons. The number of H-pyrrole nitrogens is 1. The minimum absolute atomic E-state index is 0.193. The molecule has 0 aliphatic heterocycles. The van der Waals surface area contributed by atoms with Crippen molar-refractivity contribution in [2.45, 2.75) is 6.92 Å². The molecular formula is C12H10N4OS. The van der Waals surface area contributed by atoms with E-state index in [-0.39, 0.29) is 5.91 Å². The van der Waals surface area contributed by atoms with Crippen molar-refractivity contribution in [1.82, 2.24) is 15.0 Å². The summed E-state index contributed by atoms with van der Waals surface area (Å²) in [5.41, 5.74) is 2.95. The number of hydrogen-bond donors (Lipinski definition) is 2. The van der Waals surface area contributed by atoms with Gasteiger partial charge in [0.2, 0.25) is 0 Å². The Labute approximate surface area is 107 Å². The fraction of sp³-hybridized carbons (Fsp3) is 0.0833. The number of fused-ring (bicyclic) bond motifs is 1. The molecule has 3 aromatic rings. The highest BCUT2D eigenvalue weighted by Crippen LogP contribution is 2.19. The molecule has 0 aliphatic carbocycles. The maximum Gasteiger partial charge on any atom is 0.259 e. The van der Waals surface area contributed by atoms with Crippen LogP contribution in [0.1, 0.15) is 16.1 Å². The van der Waals surface area contributed by atoms with Gasteiger partial charge >= 0.3 is 0 Å². The second kappa shape index (κ2) is 4.23. The molecule has 2 heterocycles. The molecular weight excluding hydrogens is 248 g/mol. The van der Waals surface area contributed by atoms with Crippen LogP contribution in [0.2, 0.25) is 0 Å². The number of carbonyl (C=O) groups is 1. The number of rotatable bonds is 2. The third kappa shape index (κ3) is 1.86. The van der Waals surface area contributed by atoms with Crippen LogP contribution in [0.4, 0.5) is 5.13 Å². The number of nitrogens with zero attached hydrogens (tertiary/aromatic N) is 2. The first-order chi connectivity index (χ1) is 8.74. The van der Waals surface area contributed by atoms with Gasteiger partial charge in [0.05, 0.1) is 23.1 Å². The first kappa shape index (κ1) is 10.9. The predicted octanol–water partition coefficient (Wildman–Crippen LogP) is 2.58. The number of anilines is 1. The molecule has 0 saturated carbocycles. The quantitative estimate of drug-likeness (QED) is 0.742. The van der Waals surface area contributed by atoms with Gasteiger partial charge < -0.3 is 4.98 Å². The van der Waals surface area contributed by atoms with E-state index in [1.807, 2.05) is 24.4 Å². The second-order valence-corrected chi connectivity index (χ2v) is 4.71. The minimum atomic E-state index is -0.193. The second-order valence-electron chi connectivity index (χ2n) is 3.85. The van der Waals surface area contributed by atoms with Gasteiger partial charge in [0.25, 0.3) is 5.91 Å². The monoisotopic (exact) mass is 258 g/mol. The lowest BCUT2D eigenvalue weighted by Crippen LogP contribution is -2.12. The van der Waals surface area contributed by atoms with E-state index in [2.05, 4.69) is 20.3 Å². The molecule has 2 N–H and O–H groups in total. The van der Waals surface area contributed by atoms with E-state index in [9.17, 15) is 4.79 Å². The van der Waals surface area contributed by atoms with Crippen LogP contribution < -0.4 is 5.32 Å². The zero-order valence-corrected chi connectivity index (χ0v) is 10.4. The summed E-state index contributed by atoms with van der Waals surface area (Å²) < 4.78 is 0. The Balaban J connectivity index is 1.94. The summed E-state index contributed by atoms with van der Waals surface area (Å²) in [4.78, 5) is 23.5. The van der Waals surface area contributed by atoms with E-state index in [4.69, 9.17) is 0 Å². The zero-order chi connectivity index (χ0) is 12.5. The molecule has 0 saturated heterocycles. The van der Waals surface area contributed by atoms with Crippen molar-refractivity contribution in [2.24, 2.45) is 0 Å². The summed E-state index contributed by atoms with van der Waals surface area (Å²) in [6.07, 6.45) is 1.58. The molecule has 5 nitrogen and oxygen atoms in total. The Kier molecular flexibility index (Phi) is 2.56. The number of aryl methyl sites for hydroxylation is 1. The number of imidazole rings is 1. The van der Waals surface area contributed by atoms with Crippen molar-refractivity contribution in [3.05, 3.63) is 41.2 Å². The van der Waals surface area contributed by atoms with Crippen LogP contribution in [0, 0.1) is 6.92 Å². The fourth-order valence-corrected chi connectivity index (χ4v) is 2.41. The van der Waals surface area contributed by atoms with Crippen LogP contribution in [0.15, 0.2) is 29.9 Å². The lowest BCUT2D eigenvalue weighted by atomic mass is 10.2. The van der Waals surface area contributed by atoms with Crippen molar-refractivity contribution in [3.63, 3.8) is 0 Å². The molecule has 3 rings (SSSR count). The van der Waals surface area contributed by atoms with Crippen molar-refractivity contribution < 1.29 is 4.79 Å². The van der Waals surface area contributed by atoms with Crippen LogP contribution >= 0.6 is 11.3 Å². The number of thiazole rings is 1. The van der Waals surface area contributed by atoms with Gasteiger partial charge in [-0.25, -0.2) is 9.97 Å². The van der Waals surface area contributed by atoms with E-state index < -0.39 is 0 Å². The van der Waals surface area contributed by atoms with Crippen molar-refractivity contribution >= 4 is 33.4 Å². The zero-order valence-electron chi connectivity index (χ0n) is 9.60. The SMILES string of the molecule is Cc1csc(NC(=O)c2cccc3[nH]cnc23)n1. The van der Waals surface area contributed by atoms with Gasteiger partial charge in [0.1, 0.15) is 5.52 Å². The van der Waals surface area contributed by atoms with Gasteiger partial charge in [-0.05, 0) is 19.1 Å². The van der Waals surface area contributed by atoms with Crippen molar-refractivity contribution in [3.8, 4) is 0 Å². The Morgan fingerprint density at radius 1 is 1.44 bits per heavy atom. The molecule has 1 amide bonds. The topological polar surface area (TPSA) is 70.7 Å². The number of nitrogens with one attached hydrogen (secondary N) is 2. The molecule has 0 atom stereocenters. The number of aromatic nitrogens is 3. The molecule has 0 fully saturated rings. The van der Waals surface area contributed by atoms with Gasteiger partial charge in [-0.15, -0.1) is 11.3 Å². The smallest absolute Gasteiger partial charge is 0.259 e. The third-order valence-corrected chi connectivity index (χ3v) is 3.41. The lowest BCUT2D eigenvalue weighted by molar-refractivity contribution is 0.102. The average molecular weight is 258 g/mol. The van der Waals surface area contributed by atoms with Crippen LogP contribution in [-0.4, -0.2) is 20.9 Å². The molecule has 2 aromatic heterocycles. The molecule has 0 bridgehead atoms. The Morgan fingerprint density at radius 3 is 3.11 bits per heavy atom. The van der Waals surface area contributed by atoms with Crippen LogP contribution in [-0.2, 0) is 0 Å². The fourth-order valence-electron chi connectivity index (χ4n) is 1.72. The largest absolute Gasteiger partial charge is 0.345 e. The highest BCUT2D eigenvalue weighted by atomic mass is 32.1. The number of carbonyl (C=O) groups excluding carboxylic acids is 1. The first-order valence-corrected chi connectivity index (χ1v) is 6.27. The molecule has 0 spiro atoms. The van der Waals surface area contributed by atoms with Crippen molar-refractivity contribution in [2.75, 3.05) is 5.32 Å². The number of amides is 1. The van der Waals surface area contributed by atoms with Crippen LogP contribution in [0.5, 0.6) is 0 Å². The molecule has 18 heavy (non-hydrogen) atoms. The number of hydrogen-bond acceptors (Lipinski definition) is 4.